The minimum absolute atomic E-state index is 0.358. The Morgan fingerprint density at radius 1 is 1.20 bits per heavy atom. The smallest absolute Gasteiger partial charge is 0.0400 e. The number of hydrogen-bond acceptors (Lipinski definition) is 3. The molecule has 0 amide bonds. The SMILES string of the molecule is CC(NCc1ccccc1CN(C)C)c1sccc1Br. The van der Waals surface area contributed by atoms with Crippen LogP contribution in [0.25, 0.3) is 0 Å². The second kappa shape index (κ2) is 7.36. The Kier molecular flexibility index (Phi) is 5.78. The molecule has 0 radical (unpaired) electrons. The molecule has 20 heavy (non-hydrogen) atoms. The second-order valence-corrected chi connectivity index (χ2v) is 7.04. The van der Waals surface area contributed by atoms with Crippen molar-refractivity contribution in [1.82, 2.24) is 10.2 Å². The van der Waals surface area contributed by atoms with E-state index in [9.17, 15) is 0 Å². The number of benzene rings is 1. The lowest BCUT2D eigenvalue weighted by molar-refractivity contribution is 0.400. The summed E-state index contributed by atoms with van der Waals surface area (Å²) >= 11 is 5.39. The molecule has 0 bridgehead atoms. The van der Waals surface area contributed by atoms with E-state index in [0.29, 0.717) is 6.04 Å². The normalized spacial score (nSPS) is 12.8. The fourth-order valence-electron chi connectivity index (χ4n) is 2.20. The fourth-order valence-corrected chi connectivity index (χ4v) is 3.94. The van der Waals surface area contributed by atoms with Crippen LogP contribution in [0.3, 0.4) is 0 Å². The third-order valence-electron chi connectivity index (χ3n) is 3.24. The van der Waals surface area contributed by atoms with Crippen LogP contribution >= 0.6 is 27.3 Å². The van der Waals surface area contributed by atoms with Crippen molar-refractivity contribution in [3.05, 3.63) is 56.2 Å². The van der Waals surface area contributed by atoms with Gasteiger partial charge in [-0.2, -0.15) is 0 Å². The van der Waals surface area contributed by atoms with Gasteiger partial charge >= 0.3 is 0 Å². The maximum atomic E-state index is 3.62. The number of halogens is 1. The lowest BCUT2D eigenvalue weighted by atomic mass is 10.1. The van der Waals surface area contributed by atoms with Crippen LogP contribution < -0.4 is 5.32 Å². The molecule has 0 saturated carbocycles. The maximum absolute atomic E-state index is 3.62. The number of thiophene rings is 1. The quantitative estimate of drug-likeness (QED) is 0.827. The van der Waals surface area contributed by atoms with Crippen molar-refractivity contribution < 1.29 is 0 Å². The summed E-state index contributed by atoms with van der Waals surface area (Å²) in [5.74, 6) is 0. The highest BCUT2D eigenvalue weighted by atomic mass is 79.9. The van der Waals surface area contributed by atoms with Crippen LogP contribution in [-0.4, -0.2) is 19.0 Å². The molecular formula is C16H21BrN2S. The topological polar surface area (TPSA) is 15.3 Å². The van der Waals surface area contributed by atoms with Gasteiger partial charge in [-0.05, 0) is 59.5 Å². The van der Waals surface area contributed by atoms with Gasteiger partial charge in [0.2, 0.25) is 0 Å². The average Bonchev–Trinajstić information content (AvgIpc) is 2.83. The Balaban J connectivity index is 2.02. The van der Waals surface area contributed by atoms with E-state index in [0.717, 1.165) is 13.1 Å². The third-order valence-corrected chi connectivity index (χ3v) is 5.30. The van der Waals surface area contributed by atoms with Gasteiger partial charge in [0.1, 0.15) is 0 Å². The minimum atomic E-state index is 0.358. The summed E-state index contributed by atoms with van der Waals surface area (Å²) in [6, 6.07) is 11.1. The van der Waals surface area contributed by atoms with E-state index in [1.807, 2.05) is 0 Å². The summed E-state index contributed by atoms with van der Waals surface area (Å²) in [4.78, 5) is 3.56. The van der Waals surface area contributed by atoms with Crippen LogP contribution in [0, 0.1) is 0 Å². The van der Waals surface area contributed by atoms with Crippen LogP contribution in [0.2, 0.25) is 0 Å². The Hall–Kier alpha value is -0.680. The van der Waals surface area contributed by atoms with Crippen molar-refractivity contribution in [2.45, 2.75) is 26.1 Å². The first-order valence-electron chi connectivity index (χ1n) is 6.75. The molecule has 0 spiro atoms. The van der Waals surface area contributed by atoms with Gasteiger partial charge in [-0.25, -0.2) is 0 Å². The minimum Gasteiger partial charge on any atom is -0.305 e. The van der Waals surface area contributed by atoms with E-state index in [1.165, 1.54) is 20.5 Å². The van der Waals surface area contributed by atoms with E-state index in [4.69, 9.17) is 0 Å². The molecule has 2 nitrogen and oxygen atoms in total. The first kappa shape index (κ1) is 15.7. The molecule has 1 heterocycles. The van der Waals surface area contributed by atoms with E-state index in [-0.39, 0.29) is 0 Å². The highest BCUT2D eigenvalue weighted by molar-refractivity contribution is 9.10. The first-order valence-corrected chi connectivity index (χ1v) is 8.43. The summed E-state index contributed by atoms with van der Waals surface area (Å²) in [6.45, 7) is 4.09. The van der Waals surface area contributed by atoms with Gasteiger partial charge in [-0.1, -0.05) is 24.3 Å². The van der Waals surface area contributed by atoms with Crippen LogP contribution in [-0.2, 0) is 13.1 Å². The highest BCUT2D eigenvalue weighted by Gasteiger charge is 2.11. The summed E-state index contributed by atoms with van der Waals surface area (Å²) < 4.78 is 1.20. The van der Waals surface area contributed by atoms with E-state index >= 15 is 0 Å². The predicted molar refractivity (Wildman–Crippen MR) is 91.1 cm³/mol. The number of nitrogens with zero attached hydrogens (tertiary/aromatic N) is 1. The van der Waals surface area contributed by atoms with E-state index < -0.39 is 0 Å². The monoisotopic (exact) mass is 352 g/mol. The van der Waals surface area contributed by atoms with Gasteiger partial charge < -0.3 is 10.2 Å². The third kappa shape index (κ3) is 4.16. The zero-order chi connectivity index (χ0) is 14.5. The molecule has 1 atom stereocenters. The predicted octanol–water partition coefficient (Wildman–Crippen LogP) is 4.42. The molecule has 1 unspecified atom stereocenters. The molecule has 108 valence electrons. The molecule has 0 aliphatic rings. The first-order chi connectivity index (χ1) is 9.58. The van der Waals surface area contributed by atoms with Crippen molar-refractivity contribution in [1.29, 1.82) is 0 Å². The van der Waals surface area contributed by atoms with E-state index in [1.54, 1.807) is 11.3 Å². The Bertz CT molecular complexity index is 551. The number of rotatable bonds is 6. The largest absolute Gasteiger partial charge is 0.305 e. The molecule has 2 aromatic rings. The molecule has 1 aromatic carbocycles. The summed E-state index contributed by atoms with van der Waals surface area (Å²) in [5.41, 5.74) is 2.77. The molecule has 2 rings (SSSR count). The molecule has 1 N–H and O–H groups in total. The zero-order valence-corrected chi connectivity index (χ0v) is 14.6. The van der Waals surface area contributed by atoms with Crippen molar-refractivity contribution >= 4 is 27.3 Å². The molecular weight excluding hydrogens is 332 g/mol. The van der Waals surface area contributed by atoms with Gasteiger partial charge in [-0.3, -0.25) is 0 Å². The Morgan fingerprint density at radius 3 is 2.50 bits per heavy atom. The van der Waals surface area contributed by atoms with Crippen LogP contribution in [0.1, 0.15) is 29.0 Å². The standard InChI is InChI=1S/C16H21BrN2S/c1-12(16-15(17)8-9-20-16)18-10-13-6-4-5-7-14(13)11-19(2)3/h4-9,12,18H,10-11H2,1-3H3. The van der Waals surface area contributed by atoms with Crippen LogP contribution in [0.5, 0.6) is 0 Å². The number of hydrogen-bond donors (Lipinski definition) is 1. The van der Waals surface area contributed by atoms with Crippen molar-refractivity contribution in [2.75, 3.05) is 14.1 Å². The second-order valence-electron chi connectivity index (χ2n) is 5.24. The highest BCUT2D eigenvalue weighted by Crippen LogP contribution is 2.29. The molecule has 0 aliphatic carbocycles. The molecule has 0 saturated heterocycles. The molecule has 1 aromatic heterocycles. The Morgan fingerprint density at radius 2 is 1.90 bits per heavy atom. The van der Waals surface area contributed by atoms with Gasteiger partial charge in [0.25, 0.3) is 0 Å². The maximum Gasteiger partial charge on any atom is 0.0400 e. The van der Waals surface area contributed by atoms with Crippen LogP contribution in [0.4, 0.5) is 0 Å². The molecule has 0 fully saturated rings. The van der Waals surface area contributed by atoms with Crippen molar-refractivity contribution in [3.8, 4) is 0 Å². The summed E-state index contributed by atoms with van der Waals surface area (Å²) in [7, 11) is 4.21. The summed E-state index contributed by atoms with van der Waals surface area (Å²) in [5, 5.41) is 5.74. The fraction of sp³-hybridized carbons (Fsp3) is 0.375. The van der Waals surface area contributed by atoms with Gasteiger partial charge in [0, 0.05) is 28.5 Å². The summed E-state index contributed by atoms with van der Waals surface area (Å²) in [6.07, 6.45) is 0. The zero-order valence-electron chi connectivity index (χ0n) is 12.2. The van der Waals surface area contributed by atoms with E-state index in [2.05, 4.69) is 82.9 Å². The van der Waals surface area contributed by atoms with Crippen molar-refractivity contribution in [2.24, 2.45) is 0 Å². The van der Waals surface area contributed by atoms with Crippen LogP contribution in [0.15, 0.2) is 40.2 Å². The van der Waals surface area contributed by atoms with Crippen molar-refractivity contribution in [3.63, 3.8) is 0 Å². The molecule has 4 heteroatoms. The lowest BCUT2D eigenvalue weighted by Crippen LogP contribution is -2.20. The lowest BCUT2D eigenvalue weighted by Gasteiger charge is -2.17. The number of nitrogens with one attached hydrogen (secondary N) is 1. The van der Waals surface area contributed by atoms with Gasteiger partial charge in [-0.15, -0.1) is 11.3 Å². The van der Waals surface area contributed by atoms with Gasteiger partial charge in [0.05, 0.1) is 0 Å². The van der Waals surface area contributed by atoms with Gasteiger partial charge in [0.15, 0.2) is 0 Å². The Labute approximate surface area is 133 Å². The molecule has 0 aliphatic heterocycles. The average molecular weight is 353 g/mol.